The van der Waals surface area contributed by atoms with Gasteiger partial charge >= 0.3 is 0 Å². The van der Waals surface area contributed by atoms with Crippen molar-refractivity contribution in [2.75, 3.05) is 13.2 Å². The molecule has 0 saturated heterocycles. The normalized spacial score (nSPS) is 29.9. The third-order valence-corrected chi connectivity index (χ3v) is 4.87. The van der Waals surface area contributed by atoms with Gasteiger partial charge in [-0.3, -0.25) is 0 Å². The minimum absolute atomic E-state index is 0.350. The Kier molecular flexibility index (Phi) is 4.51. The molecule has 1 fully saturated rings. The number of hydrogen-bond acceptors (Lipinski definition) is 2. The fraction of sp³-hybridized carbons (Fsp3) is 0.647. The Labute approximate surface area is 117 Å². The molecule has 3 unspecified atom stereocenters. The highest BCUT2D eigenvalue weighted by molar-refractivity contribution is 5.40. The summed E-state index contributed by atoms with van der Waals surface area (Å²) in [5.41, 5.74) is 1.74. The Hall–Kier alpha value is -1.02. The smallest absolute Gasteiger partial charge is 0.122 e. The molecule has 0 aromatic heterocycles. The summed E-state index contributed by atoms with van der Waals surface area (Å²) in [6, 6.07) is 9.19. The molecule has 0 radical (unpaired) electrons. The lowest BCUT2D eigenvalue weighted by atomic mass is 9.54. The molecular formula is C17H27NO. The lowest BCUT2D eigenvalue weighted by molar-refractivity contribution is 0.0438. The summed E-state index contributed by atoms with van der Waals surface area (Å²) in [7, 11) is 0. The van der Waals surface area contributed by atoms with Crippen molar-refractivity contribution in [3.05, 3.63) is 29.8 Å². The van der Waals surface area contributed by atoms with Crippen molar-refractivity contribution in [3.63, 3.8) is 0 Å². The SMILES string of the molecule is CCNC1CC(c2ccccc2OCC)C1(C)CC. The van der Waals surface area contributed by atoms with Crippen LogP contribution in [0.2, 0.25) is 0 Å². The molecule has 2 rings (SSSR count). The van der Waals surface area contributed by atoms with E-state index in [0.717, 1.165) is 18.9 Å². The average molecular weight is 261 g/mol. The zero-order valence-corrected chi connectivity index (χ0v) is 12.7. The van der Waals surface area contributed by atoms with Gasteiger partial charge in [-0.2, -0.15) is 0 Å². The summed E-state index contributed by atoms with van der Waals surface area (Å²) >= 11 is 0. The maximum absolute atomic E-state index is 5.81. The van der Waals surface area contributed by atoms with Crippen molar-refractivity contribution >= 4 is 0 Å². The molecule has 19 heavy (non-hydrogen) atoms. The molecule has 0 bridgehead atoms. The molecule has 2 heteroatoms. The number of benzene rings is 1. The van der Waals surface area contributed by atoms with Gasteiger partial charge in [-0.25, -0.2) is 0 Å². The maximum atomic E-state index is 5.81. The van der Waals surface area contributed by atoms with Gasteiger partial charge in [-0.05, 0) is 49.3 Å². The predicted octanol–water partition coefficient (Wildman–Crippen LogP) is 3.97. The summed E-state index contributed by atoms with van der Waals surface area (Å²) in [5, 5.41) is 3.63. The van der Waals surface area contributed by atoms with Gasteiger partial charge in [0, 0.05) is 6.04 Å². The molecule has 0 spiro atoms. The highest BCUT2D eigenvalue weighted by atomic mass is 16.5. The van der Waals surface area contributed by atoms with Crippen molar-refractivity contribution < 1.29 is 4.74 Å². The van der Waals surface area contributed by atoms with Crippen LogP contribution >= 0.6 is 0 Å². The molecule has 1 N–H and O–H groups in total. The molecule has 2 nitrogen and oxygen atoms in total. The Morgan fingerprint density at radius 1 is 1.26 bits per heavy atom. The summed E-state index contributed by atoms with van der Waals surface area (Å²) < 4.78 is 5.81. The Balaban J connectivity index is 2.23. The Morgan fingerprint density at radius 2 is 2.00 bits per heavy atom. The van der Waals surface area contributed by atoms with Crippen LogP contribution in [0.3, 0.4) is 0 Å². The quantitative estimate of drug-likeness (QED) is 0.836. The van der Waals surface area contributed by atoms with Crippen molar-refractivity contribution in [2.45, 2.75) is 52.5 Å². The van der Waals surface area contributed by atoms with Gasteiger partial charge in [0.15, 0.2) is 0 Å². The largest absolute Gasteiger partial charge is 0.494 e. The summed E-state index contributed by atoms with van der Waals surface area (Å²) in [6.07, 6.45) is 2.43. The molecule has 1 aromatic rings. The third-order valence-electron chi connectivity index (χ3n) is 4.87. The minimum atomic E-state index is 0.350. The molecule has 1 aromatic carbocycles. The van der Waals surface area contributed by atoms with Crippen LogP contribution in [0.25, 0.3) is 0 Å². The average Bonchev–Trinajstić information content (AvgIpc) is 2.43. The first kappa shape index (κ1) is 14.4. The van der Waals surface area contributed by atoms with E-state index in [9.17, 15) is 0 Å². The van der Waals surface area contributed by atoms with Crippen molar-refractivity contribution in [2.24, 2.45) is 5.41 Å². The van der Waals surface area contributed by atoms with E-state index >= 15 is 0 Å². The van der Waals surface area contributed by atoms with Gasteiger partial charge in [0.1, 0.15) is 5.75 Å². The highest BCUT2D eigenvalue weighted by Gasteiger charge is 2.51. The molecule has 0 amide bonds. The van der Waals surface area contributed by atoms with Gasteiger partial charge in [-0.15, -0.1) is 0 Å². The van der Waals surface area contributed by atoms with E-state index in [2.05, 4.69) is 57.3 Å². The molecule has 3 atom stereocenters. The van der Waals surface area contributed by atoms with E-state index < -0.39 is 0 Å². The molecule has 1 aliphatic carbocycles. The monoisotopic (exact) mass is 261 g/mol. The number of rotatable bonds is 6. The van der Waals surface area contributed by atoms with Gasteiger partial charge in [-0.1, -0.05) is 39.0 Å². The first-order valence-corrected chi connectivity index (χ1v) is 7.62. The topological polar surface area (TPSA) is 21.3 Å². The molecular weight excluding hydrogens is 234 g/mol. The first-order chi connectivity index (χ1) is 9.17. The molecule has 106 valence electrons. The van der Waals surface area contributed by atoms with Crippen molar-refractivity contribution in [3.8, 4) is 5.75 Å². The lowest BCUT2D eigenvalue weighted by Gasteiger charge is -2.55. The first-order valence-electron chi connectivity index (χ1n) is 7.62. The minimum Gasteiger partial charge on any atom is -0.494 e. The predicted molar refractivity (Wildman–Crippen MR) is 80.8 cm³/mol. The van der Waals surface area contributed by atoms with Crippen LogP contribution in [0, 0.1) is 5.41 Å². The second-order valence-electron chi connectivity index (χ2n) is 5.73. The van der Waals surface area contributed by atoms with E-state index in [-0.39, 0.29) is 0 Å². The third kappa shape index (κ3) is 2.51. The van der Waals surface area contributed by atoms with Crippen molar-refractivity contribution in [1.29, 1.82) is 0 Å². The van der Waals surface area contributed by atoms with Crippen LogP contribution in [0.1, 0.15) is 52.0 Å². The number of nitrogens with one attached hydrogen (secondary N) is 1. The summed E-state index contributed by atoms with van der Waals surface area (Å²) in [6.45, 7) is 10.8. The summed E-state index contributed by atoms with van der Waals surface area (Å²) in [4.78, 5) is 0. The summed E-state index contributed by atoms with van der Waals surface area (Å²) in [5.74, 6) is 1.69. The van der Waals surface area contributed by atoms with Crippen molar-refractivity contribution in [1.82, 2.24) is 5.32 Å². The van der Waals surface area contributed by atoms with Crippen LogP contribution in [-0.4, -0.2) is 19.2 Å². The molecule has 0 aliphatic heterocycles. The van der Waals surface area contributed by atoms with E-state index in [1.165, 1.54) is 18.4 Å². The zero-order chi connectivity index (χ0) is 13.9. The molecule has 0 heterocycles. The Bertz CT molecular complexity index is 417. The standard InChI is InChI=1S/C17H27NO/c1-5-17(4)14(12-16(17)18-6-2)13-10-8-9-11-15(13)19-7-3/h8-11,14,16,18H,5-7,12H2,1-4H3. The number of para-hydroxylation sites is 1. The van der Waals surface area contributed by atoms with Gasteiger partial charge in [0.2, 0.25) is 0 Å². The second kappa shape index (κ2) is 5.96. The van der Waals surface area contributed by atoms with E-state index in [0.29, 0.717) is 17.4 Å². The lowest BCUT2D eigenvalue weighted by Crippen LogP contribution is -2.56. The van der Waals surface area contributed by atoms with E-state index in [4.69, 9.17) is 4.74 Å². The maximum Gasteiger partial charge on any atom is 0.122 e. The van der Waals surface area contributed by atoms with Crippen LogP contribution in [0.5, 0.6) is 5.75 Å². The Morgan fingerprint density at radius 3 is 2.63 bits per heavy atom. The number of hydrogen-bond donors (Lipinski definition) is 1. The number of ether oxygens (including phenoxy) is 1. The van der Waals surface area contributed by atoms with Gasteiger partial charge in [0.05, 0.1) is 6.61 Å². The van der Waals surface area contributed by atoms with E-state index in [1.54, 1.807) is 0 Å². The van der Waals surface area contributed by atoms with Crippen LogP contribution < -0.4 is 10.1 Å². The van der Waals surface area contributed by atoms with Crippen LogP contribution in [-0.2, 0) is 0 Å². The van der Waals surface area contributed by atoms with Crippen LogP contribution in [0.15, 0.2) is 24.3 Å². The fourth-order valence-corrected chi connectivity index (χ4v) is 3.45. The second-order valence-corrected chi connectivity index (χ2v) is 5.73. The molecule has 1 aliphatic rings. The molecule has 1 saturated carbocycles. The van der Waals surface area contributed by atoms with Gasteiger partial charge in [0.25, 0.3) is 0 Å². The van der Waals surface area contributed by atoms with Crippen LogP contribution in [0.4, 0.5) is 0 Å². The zero-order valence-electron chi connectivity index (χ0n) is 12.7. The van der Waals surface area contributed by atoms with Gasteiger partial charge < -0.3 is 10.1 Å². The fourth-order valence-electron chi connectivity index (χ4n) is 3.45. The highest BCUT2D eigenvalue weighted by Crippen LogP contribution is 2.56. The van der Waals surface area contributed by atoms with E-state index in [1.807, 2.05) is 0 Å².